The number of carboxylic acid groups (broad SMARTS) is 1. The van der Waals surface area contributed by atoms with Crippen molar-refractivity contribution in [2.45, 2.75) is 32.2 Å². The van der Waals surface area contributed by atoms with E-state index in [0.717, 1.165) is 43.6 Å². The topological polar surface area (TPSA) is 90.0 Å². The van der Waals surface area contributed by atoms with Crippen molar-refractivity contribution in [1.29, 1.82) is 0 Å². The number of carboxylic acids is 1. The maximum absolute atomic E-state index is 12.5. The standard InChI is InChI=1S/C17H23N3O4S/c21-15(18-10-13-5-6-14(25-13)16(22)23)12-4-3-9-20(11-12)17(24)19-7-1-2-8-19/h5-6,12H,1-4,7-11H2,(H,18,21)(H,22,23). The third kappa shape index (κ3) is 4.31. The lowest BCUT2D eigenvalue weighted by atomic mass is 9.97. The van der Waals surface area contributed by atoms with Crippen molar-refractivity contribution in [2.24, 2.45) is 5.92 Å². The SMILES string of the molecule is O=C(O)c1ccc(CNC(=O)C2CCCN(C(=O)N3CCCC3)C2)s1. The number of carbonyl (C=O) groups excluding carboxylic acids is 2. The molecule has 3 amide bonds. The molecule has 8 heteroatoms. The van der Waals surface area contributed by atoms with Gasteiger partial charge in [-0.1, -0.05) is 0 Å². The molecule has 2 aliphatic heterocycles. The van der Waals surface area contributed by atoms with E-state index in [-0.39, 0.29) is 22.7 Å². The normalized spacial score (nSPS) is 20.6. The molecule has 1 atom stereocenters. The van der Waals surface area contributed by atoms with Gasteiger partial charge in [0.1, 0.15) is 4.88 Å². The highest BCUT2D eigenvalue weighted by Gasteiger charge is 2.31. The van der Waals surface area contributed by atoms with Crippen molar-refractivity contribution < 1.29 is 19.5 Å². The van der Waals surface area contributed by atoms with E-state index in [1.165, 1.54) is 11.3 Å². The summed E-state index contributed by atoms with van der Waals surface area (Å²) in [5, 5.41) is 11.8. The number of hydrogen-bond donors (Lipinski definition) is 2. The molecule has 0 saturated carbocycles. The van der Waals surface area contributed by atoms with Crippen LogP contribution in [0, 0.1) is 5.92 Å². The predicted octanol–water partition coefficient (Wildman–Crippen LogP) is 1.99. The summed E-state index contributed by atoms with van der Waals surface area (Å²) in [6.07, 6.45) is 3.73. The number of hydrogen-bond acceptors (Lipinski definition) is 4. The van der Waals surface area contributed by atoms with Gasteiger partial charge in [0.05, 0.1) is 12.5 Å². The van der Waals surface area contributed by atoms with Crippen molar-refractivity contribution in [3.63, 3.8) is 0 Å². The zero-order chi connectivity index (χ0) is 17.8. The van der Waals surface area contributed by atoms with E-state index in [1.54, 1.807) is 17.0 Å². The molecule has 0 radical (unpaired) electrons. The van der Waals surface area contributed by atoms with Gasteiger partial charge >= 0.3 is 12.0 Å². The van der Waals surface area contributed by atoms with Crippen LogP contribution >= 0.6 is 11.3 Å². The molecule has 7 nitrogen and oxygen atoms in total. The summed E-state index contributed by atoms with van der Waals surface area (Å²) in [4.78, 5) is 40.6. The number of aromatic carboxylic acids is 1. The minimum absolute atomic E-state index is 0.0550. The van der Waals surface area contributed by atoms with E-state index in [0.29, 0.717) is 19.6 Å². The van der Waals surface area contributed by atoms with Crippen molar-refractivity contribution in [2.75, 3.05) is 26.2 Å². The van der Waals surface area contributed by atoms with Crippen LogP contribution in [0.25, 0.3) is 0 Å². The second-order valence-electron chi connectivity index (χ2n) is 6.55. The number of nitrogens with one attached hydrogen (secondary N) is 1. The van der Waals surface area contributed by atoms with E-state index in [4.69, 9.17) is 5.11 Å². The van der Waals surface area contributed by atoms with Crippen LogP contribution in [-0.4, -0.2) is 59.0 Å². The summed E-state index contributed by atoms with van der Waals surface area (Å²) in [5.74, 6) is -1.21. The van der Waals surface area contributed by atoms with Crippen LogP contribution in [-0.2, 0) is 11.3 Å². The summed E-state index contributed by atoms with van der Waals surface area (Å²) in [6, 6.07) is 3.32. The number of urea groups is 1. The average Bonchev–Trinajstić information content (AvgIpc) is 3.30. The van der Waals surface area contributed by atoms with Crippen LogP contribution in [0.4, 0.5) is 4.79 Å². The van der Waals surface area contributed by atoms with Gasteiger partial charge in [-0.15, -0.1) is 11.3 Å². The molecule has 3 heterocycles. The number of carbonyl (C=O) groups is 3. The van der Waals surface area contributed by atoms with Gasteiger partial charge in [0.2, 0.25) is 5.91 Å². The van der Waals surface area contributed by atoms with Crippen LogP contribution < -0.4 is 5.32 Å². The van der Waals surface area contributed by atoms with E-state index in [9.17, 15) is 14.4 Å². The lowest BCUT2D eigenvalue weighted by molar-refractivity contribution is -0.126. The van der Waals surface area contributed by atoms with Gasteiger partial charge in [-0.3, -0.25) is 4.79 Å². The molecule has 0 aliphatic carbocycles. The fourth-order valence-corrected chi connectivity index (χ4v) is 4.17. The summed E-state index contributed by atoms with van der Waals surface area (Å²) in [7, 11) is 0. The molecule has 0 aromatic carbocycles. The van der Waals surface area contributed by atoms with Gasteiger partial charge < -0.3 is 20.2 Å². The highest BCUT2D eigenvalue weighted by atomic mass is 32.1. The Labute approximate surface area is 150 Å². The summed E-state index contributed by atoms with van der Waals surface area (Å²) < 4.78 is 0. The predicted molar refractivity (Wildman–Crippen MR) is 93.6 cm³/mol. The van der Waals surface area contributed by atoms with Crippen molar-refractivity contribution in [3.8, 4) is 0 Å². The van der Waals surface area contributed by atoms with Gasteiger partial charge in [0.15, 0.2) is 0 Å². The lowest BCUT2D eigenvalue weighted by Crippen LogP contribution is -2.49. The number of thiophene rings is 1. The molecule has 2 N–H and O–H groups in total. The monoisotopic (exact) mass is 365 g/mol. The van der Waals surface area contributed by atoms with Gasteiger partial charge in [0, 0.05) is 31.1 Å². The minimum Gasteiger partial charge on any atom is -0.477 e. The number of piperidine rings is 1. The number of nitrogens with zero attached hydrogens (tertiary/aromatic N) is 2. The Bertz CT molecular complexity index is 654. The fourth-order valence-electron chi connectivity index (χ4n) is 3.38. The molecule has 3 rings (SSSR count). The maximum atomic E-state index is 12.5. The Kier molecular flexibility index (Phi) is 5.57. The number of likely N-dealkylation sites (tertiary alicyclic amines) is 2. The van der Waals surface area contributed by atoms with Crippen molar-refractivity contribution >= 4 is 29.2 Å². The van der Waals surface area contributed by atoms with Crippen LogP contribution in [0.5, 0.6) is 0 Å². The molecule has 0 spiro atoms. The van der Waals surface area contributed by atoms with Crippen LogP contribution in [0.2, 0.25) is 0 Å². The summed E-state index contributed by atoms with van der Waals surface area (Å²) in [6.45, 7) is 3.14. The Hall–Kier alpha value is -2.09. The Morgan fingerprint density at radius 2 is 1.84 bits per heavy atom. The average molecular weight is 365 g/mol. The van der Waals surface area contributed by atoms with E-state index in [1.807, 2.05) is 4.90 Å². The van der Waals surface area contributed by atoms with Crippen molar-refractivity contribution in [3.05, 3.63) is 21.9 Å². The highest BCUT2D eigenvalue weighted by Crippen LogP contribution is 2.21. The van der Waals surface area contributed by atoms with Gasteiger partial charge in [-0.05, 0) is 37.8 Å². The van der Waals surface area contributed by atoms with E-state index < -0.39 is 5.97 Å². The molecular formula is C17H23N3O4S. The third-order valence-corrected chi connectivity index (χ3v) is 5.82. The molecule has 136 valence electrons. The smallest absolute Gasteiger partial charge is 0.345 e. The van der Waals surface area contributed by atoms with Crippen LogP contribution in [0.3, 0.4) is 0 Å². The minimum atomic E-state index is -0.953. The molecule has 1 aromatic heterocycles. The molecule has 2 saturated heterocycles. The fraction of sp³-hybridized carbons (Fsp3) is 0.588. The first kappa shape index (κ1) is 17.7. The quantitative estimate of drug-likeness (QED) is 0.854. The molecule has 0 bridgehead atoms. The highest BCUT2D eigenvalue weighted by molar-refractivity contribution is 7.13. The summed E-state index contributed by atoms with van der Waals surface area (Å²) in [5.41, 5.74) is 0. The van der Waals surface area contributed by atoms with E-state index in [2.05, 4.69) is 5.32 Å². The second kappa shape index (κ2) is 7.86. The first-order valence-electron chi connectivity index (χ1n) is 8.68. The second-order valence-corrected chi connectivity index (χ2v) is 7.72. The zero-order valence-corrected chi connectivity index (χ0v) is 14.9. The van der Waals surface area contributed by atoms with E-state index >= 15 is 0 Å². The molecular weight excluding hydrogens is 342 g/mol. The van der Waals surface area contributed by atoms with Crippen LogP contribution in [0.1, 0.15) is 40.2 Å². The molecule has 2 aliphatic rings. The molecule has 1 unspecified atom stereocenters. The maximum Gasteiger partial charge on any atom is 0.345 e. The molecule has 25 heavy (non-hydrogen) atoms. The lowest BCUT2D eigenvalue weighted by Gasteiger charge is -2.34. The number of rotatable bonds is 4. The molecule has 1 aromatic rings. The van der Waals surface area contributed by atoms with Gasteiger partial charge in [-0.25, -0.2) is 9.59 Å². The first-order valence-corrected chi connectivity index (χ1v) is 9.50. The zero-order valence-electron chi connectivity index (χ0n) is 14.1. The summed E-state index contributed by atoms with van der Waals surface area (Å²) >= 11 is 1.17. The van der Waals surface area contributed by atoms with Gasteiger partial charge in [-0.2, -0.15) is 0 Å². The molecule has 2 fully saturated rings. The number of amides is 3. The van der Waals surface area contributed by atoms with Crippen molar-refractivity contribution in [1.82, 2.24) is 15.1 Å². The Morgan fingerprint density at radius 3 is 2.52 bits per heavy atom. The first-order chi connectivity index (χ1) is 12.0. The Balaban J connectivity index is 1.50. The largest absolute Gasteiger partial charge is 0.477 e. The Morgan fingerprint density at radius 1 is 1.12 bits per heavy atom. The van der Waals surface area contributed by atoms with Crippen LogP contribution in [0.15, 0.2) is 12.1 Å². The van der Waals surface area contributed by atoms with Gasteiger partial charge in [0.25, 0.3) is 0 Å². The third-order valence-electron chi connectivity index (χ3n) is 4.75.